The van der Waals surface area contributed by atoms with Crippen molar-refractivity contribution < 1.29 is 4.79 Å². The summed E-state index contributed by atoms with van der Waals surface area (Å²) in [5.41, 5.74) is 5.68. The summed E-state index contributed by atoms with van der Waals surface area (Å²) in [6.07, 6.45) is 6.50. The summed E-state index contributed by atoms with van der Waals surface area (Å²) in [6.45, 7) is 8.64. The summed E-state index contributed by atoms with van der Waals surface area (Å²) in [5.74, 6) is 1.07. The minimum absolute atomic E-state index is 0.297. The second-order valence-electron chi connectivity index (χ2n) is 5.77. The fraction of sp³-hybridized carbons (Fsp3) is 0.933. The first-order valence-corrected chi connectivity index (χ1v) is 7.63. The predicted octanol–water partition coefficient (Wildman–Crippen LogP) is 2.79. The predicted molar refractivity (Wildman–Crippen MR) is 76.3 cm³/mol. The molecule has 1 amide bonds. The molecule has 1 aliphatic rings. The van der Waals surface area contributed by atoms with Crippen LogP contribution in [0.25, 0.3) is 0 Å². The highest BCUT2D eigenvalue weighted by Gasteiger charge is 2.39. The molecular weight excluding hydrogens is 224 g/mol. The molecule has 1 fully saturated rings. The minimum atomic E-state index is -0.297. The number of rotatable bonds is 9. The molecule has 0 heterocycles. The van der Waals surface area contributed by atoms with Crippen molar-refractivity contribution in [3.05, 3.63) is 0 Å². The van der Waals surface area contributed by atoms with Crippen molar-refractivity contribution in [2.75, 3.05) is 19.6 Å². The van der Waals surface area contributed by atoms with Gasteiger partial charge in [-0.25, -0.2) is 0 Å². The molecule has 18 heavy (non-hydrogen) atoms. The zero-order valence-electron chi connectivity index (χ0n) is 12.4. The Balaban J connectivity index is 2.76. The molecule has 106 valence electrons. The summed E-state index contributed by atoms with van der Waals surface area (Å²) in [5, 5.41) is 0. The second kappa shape index (κ2) is 7.13. The maximum atomic E-state index is 12.8. The van der Waals surface area contributed by atoms with Crippen LogP contribution in [0.4, 0.5) is 0 Å². The van der Waals surface area contributed by atoms with E-state index in [9.17, 15) is 4.79 Å². The number of nitrogens with zero attached hydrogens (tertiary/aromatic N) is 1. The third-order valence-electron chi connectivity index (χ3n) is 4.15. The molecule has 0 spiro atoms. The molecule has 0 aromatic rings. The third-order valence-corrected chi connectivity index (χ3v) is 4.15. The van der Waals surface area contributed by atoms with Gasteiger partial charge in [0.1, 0.15) is 0 Å². The zero-order valence-corrected chi connectivity index (χ0v) is 12.4. The lowest BCUT2D eigenvalue weighted by Gasteiger charge is -2.36. The molecule has 0 aliphatic heterocycles. The van der Waals surface area contributed by atoms with Gasteiger partial charge in [0, 0.05) is 19.6 Å². The summed E-state index contributed by atoms with van der Waals surface area (Å²) in [7, 11) is 0. The van der Waals surface area contributed by atoms with Crippen LogP contribution < -0.4 is 5.73 Å². The first kappa shape index (κ1) is 15.5. The summed E-state index contributed by atoms with van der Waals surface area (Å²) >= 11 is 0. The maximum absolute atomic E-state index is 12.8. The van der Waals surface area contributed by atoms with Crippen LogP contribution in [0.1, 0.15) is 59.3 Å². The largest absolute Gasteiger partial charge is 0.342 e. The molecule has 2 N–H and O–H groups in total. The summed E-state index contributed by atoms with van der Waals surface area (Å²) < 4.78 is 0. The number of carbonyl (C=O) groups is 1. The first-order valence-electron chi connectivity index (χ1n) is 7.63. The van der Waals surface area contributed by atoms with Crippen molar-refractivity contribution >= 4 is 5.91 Å². The lowest BCUT2D eigenvalue weighted by Crippen LogP contribution is -2.48. The van der Waals surface area contributed by atoms with Crippen LogP contribution >= 0.6 is 0 Å². The van der Waals surface area contributed by atoms with E-state index >= 15 is 0 Å². The van der Waals surface area contributed by atoms with Gasteiger partial charge in [-0.3, -0.25) is 4.79 Å². The van der Waals surface area contributed by atoms with Gasteiger partial charge in [0.25, 0.3) is 0 Å². The highest BCUT2D eigenvalue weighted by atomic mass is 16.2. The number of carbonyl (C=O) groups excluding carboxylic acids is 1. The molecule has 1 aliphatic carbocycles. The Hall–Kier alpha value is -0.570. The van der Waals surface area contributed by atoms with Crippen LogP contribution in [-0.4, -0.2) is 30.4 Å². The van der Waals surface area contributed by atoms with Crippen molar-refractivity contribution in [2.45, 2.75) is 59.3 Å². The van der Waals surface area contributed by atoms with Crippen molar-refractivity contribution in [1.29, 1.82) is 0 Å². The molecule has 1 saturated carbocycles. The van der Waals surface area contributed by atoms with E-state index in [1.165, 1.54) is 12.8 Å². The molecule has 0 aromatic carbocycles. The van der Waals surface area contributed by atoms with Gasteiger partial charge in [0.15, 0.2) is 0 Å². The fourth-order valence-electron chi connectivity index (χ4n) is 2.89. The molecule has 3 nitrogen and oxygen atoms in total. The Morgan fingerprint density at radius 2 is 1.78 bits per heavy atom. The minimum Gasteiger partial charge on any atom is -0.342 e. The first-order chi connectivity index (χ1) is 8.63. The van der Waals surface area contributed by atoms with Crippen molar-refractivity contribution in [2.24, 2.45) is 17.1 Å². The Morgan fingerprint density at radius 3 is 2.11 bits per heavy atom. The van der Waals surface area contributed by atoms with Gasteiger partial charge in [-0.2, -0.15) is 0 Å². The molecule has 0 radical (unpaired) electrons. The average molecular weight is 254 g/mol. The molecule has 0 saturated heterocycles. The van der Waals surface area contributed by atoms with Crippen LogP contribution in [0.3, 0.4) is 0 Å². The summed E-state index contributed by atoms with van der Waals surface area (Å²) in [4.78, 5) is 14.9. The van der Waals surface area contributed by atoms with E-state index in [1.807, 2.05) is 0 Å². The van der Waals surface area contributed by atoms with Crippen molar-refractivity contribution in [1.82, 2.24) is 4.90 Å². The van der Waals surface area contributed by atoms with E-state index < -0.39 is 0 Å². The summed E-state index contributed by atoms with van der Waals surface area (Å²) in [6, 6.07) is 0. The number of amides is 1. The molecule has 0 unspecified atom stereocenters. The molecule has 1 rings (SSSR count). The Labute approximate surface area is 112 Å². The maximum Gasteiger partial charge on any atom is 0.230 e. The Bertz CT molecular complexity index is 255. The highest BCUT2D eigenvalue weighted by molar-refractivity contribution is 5.83. The monoisotopic (exact) mass is 254 g/mol. The normalized spacial score (nSPS) is 15.8. The smallest absolute Gasteiger partial charge is 0.230 e. The van der Waals surface area contributed by atoms with E-state index in [0.29, 0.717) is 12.5 Å². The molecule has 0 atom stereocenters. The number of hydrogen-bond acceptors (Lipinski definition) is 2. The lowest BCUT2D eigenvalue weighted by molar-refractivity contribution is -0.142. The van der Waals surface area contributed by atoms with E-state index in [-0.39, 0.29) is 5.41 Å². The quantitative estimate of drug-likeness (QED) is 0.687. The van der Waals surface area contributed by atoms with Crippen LogP contribution in [0.15, 0.2) is 0 Å². The molecule has 3 heteroatoms. The number of nitrogens with two attached hydrogens (primary N) is 1. The van der Waals surface area contributed by atoms with Gasteiger partial charge < -0.3 is 10.6 Å². The average Bonchev–Trinajstić information content (AvgIpc) is 3.18. The van der Waals surface area contributed by atoms with Gasteiger partial charge in [-0.1, -0.05) is 26.7 Å². The SMILES string of the molecule is CCCC(CN)(CCC)C(=O)N(CC)CC1CC1. The van der Waals surface area contributed by atoms with Gasteiger partial charge in [0.05, 0.1) is 5.41 Å². The molecule has 0 aromatic heterocycles. The van der Waals surface area contributed by atoms with Crippen LogP contribution in [-0.2, 0) is 4.79 Å². The highest BCUT2D eigenvalue weighted by Crippen LogP contribution is 2.34. The van der Waals surface area contributed by atoms with E-state index in [1.54, 1.807) is 0 Å². The topological polar surface area (TPSA) is 46.3 Å². The Kier molecular flexibility index (Phi) is 6.13. The van der Waals surface area contributed by atoms with Crippen LogP contribution in [0.2, 0.25) is 0 Å². The van der Waals surface area contributed by atoms with E-state index in [0.717, 1.165) is 44.7 Å². The van der Waals surface area contributed by atoms with Crippen LogP contribution in [0.5, 0.6) is 0 Å². The number of hydrogen-bond donors (Lipinski definition) is 1. The Morgan fingerprint density at radius 1 is 1.22 bits per heavy atom. The van der Waals surface area contributed by atoms with E-state index in [2.05, 4.69) is 25.7 Å². The van der Waals surface area contributed by atoms with Gasteiger partial charge in [-0.15, -0.1) is 0 Å². The zero-order chi connectivity index (χ0) is 13.6. The van der Waals surface area contributed by atoms with Gasteiger partial charge >= 0.3 is 0 Å². The molecule has 0 bridgehead atoms. The van der Waals surface area contributed by atoms with Crippen molar-refractivity contribution in [3.63, 3.8) is 0 Å². The molecular formula is C15H30N2O. The standard InChI is InChI=1S/C15H30N2O/c1-4-9-15(12-16,10-5-2)14(18)17(6-3)11-13-7-8-13/h13H,4-12,16H2,1-3H3. The van der Waals surface area contributed by atoms with Crippen molar-refractivity contribution in [3.8, 4) is 0 Å². The van der Waals surface area contributed by atoms with Gasteiger partial charge in [-0.05, 0) is 38.5 Å². The van der Waals surface area contributed by atoms with Gasteiger partial charge in [0.2, 0.25) is 5.91 Å². The third kappa shape index (κ3) is 3.71. The second-order valence-corrected chi connectivity index (χ2v) is 5.77. The lowest BCUT2D eigenvalue weighted by atomic mass is 9.78. The fourth-order valence-corrected chi connectivity index (χ4v) is 2.89. The van der Waals surface area contributed by atoms with Crippen LogP contribution in [0, 0.1) is 11.3 Å². The van der Waals surface area contributed by atoms with E-state index in [4.69, 9.17) is 5.73 Å².